The fraction of sp³-hybridized carbons (Fsp3) is 0.214. The molecule has 0 aliphatic rings. The second-order valence-electron chi connectivity index (χ2n) is 4.12. The number of ether oxygens (including phenoxy) is 2. The van der Waals surface area contributed by atoms with Crippen molar-refractivity contribution in [2.45, 2.75) is 6.92 Å². The number of esters is 2. The molecule has 9 heteroatoms. The lowest BCUT2D eigenvalue weighted by Gasteiger charge is -2.19. The summed E-state index contributed by atoms with van der Waals surface area (Å²) < 4.78 is 9.13. The fourth-order valence-corrected chi connectivity index (χ4v) is 1.63. The molecule has 0 atom stereocenters. The molecule has 8 nitrogen and oxygen atoms in total. The van der Waals surface area contributed by atoms with E-state index in [0.29, 0.717) is 11.3 Å². The van der Waals surface area contributed by atoms with Crippen molar-refractivity contribution in [3.05, 3.63) is 41.9 Å². The molecule has 0 spiro atoms. The minimum absolute atomic E-state index is 0.242. The molecule has 23 heavy (non-hydrogen) atoms. The van der Waals surface area contributed by atoms with Crippen molar-refractivity contribution < 1.29 is 19.1 Å². The van der Waals surface area contributed by atoms with Gasteiger partial charge in [0.2, 0.25) is 0 Å². The third-order valence-electron chi connectivity index (χ3n) is 2.62. The topological polar surface area (TPSA) is 107 Å². The molecule has 2 N–H and O–H groups in total. The van der Waals surface area contributed by atoms with E-state index in [9.17, 15) is 9.59 Å². The summed E-state index contributed by atoms with van der Waals surface area (Å²) >= 11 is 4.90. The normalized spacial score (nSPS) is 11.6. The predicted octanol–water partition coefficient (Wildman–Crippen LogP) is 0.581. The number of carbonyl (C=O) groups is 2. The lowest BCUT2D eigenvalue weighted by atomic mass is 10.2. The van der Waals surface area contributed by atoms with Gasteiger partial charge in [-0.15, -0.1) is 0 Å². The van der Waals surface area contributed by atoms with E-state index < -0.39 is 11.9 Å². The van der Waals surface area contributed by atoms with Gasteiger partial charge in [0.1, 0.15) is 0 Å². The van der Waals surface area contributed by atoms with Crippen LogP contribution in [0.2, 0.25) is 0 Å². The van der Waals surface area contributed by atoms with Crippen LogP contribution in [0.3, 0.4) is 0 Å². The first-order valence-corrected chi connectivity index (χ1v) is 6.74. The van der Waals surface area contributed by atoms with Gasteiger partial charge in [-0.25, -0.2) is 9.59 Å². The number of hydrogen-bond acceptors (Lipinski definition) is 7. The zero-order valence-electron chi connectivity index (χ0n) is 12.8. The van der Waals surface area contributed by atoms with E-state index in [1.807, 2.05) is 0 Å². The third-order valence-corrected chi connectivity index (χ3v) is 2.79. The Bertz CT molecular complexity index is 658. The van der Waals surface area contributed by atoms with Gasteiger partial charge in [0.15, 0.2) is 10.8 Å². The Morgan fingerprint density at radius 1 is 1.39 bits per heavy atom. The summed E-state index contributed by atoms with van der Waals surface area (Å²) in [6.07, 6.45) is 4.09. The van der Waals surface area contributed by atoms with E-state index in [1.165, 1.54) is 7.11 Å². The molecule has 0 aliphatic heterocycles. The van der Waals surface area contributed by atoms with Crippen molar-refractivity contribution in [2.75, 3.05) is 14.2 Å². The molecule has 0 saturated heterocycles. The molecule has 1 aromatic heterocycles. The first-order chi connectivity index (χ1) is 10.9. The van der Waals surface area contributed by atoms with Gasteiger partial charge in [-0.2, -0.15) is 10.1 Å². The molecule has 0 aliphatic carbocycles. The van der Waals surface area contributed by atoms with Crippen LogP contribution in [0.5, 0.6) is 0 Å². The van der Waals surface area contributed by atoms with Gasteiger partial charge in [0, 0.05) is 18.0 Å². The first kappa shape index (κ1) is 18.2. The van der Waals surface area contributed by atoms with Crippen LogP contribution in [0.25, 0.3) is 0 Å². The minimum atomic E-state index is -0.842. The quantitative estimate of drug-likeness (QED) is 0.274. The highest BCUT2D eigenvalue weighted by Gasteiger charge is 2.22. The Morgan fingerprint density at radius 2 is 2.09 bits per heavy atom. The molecule has 1 rings (SSSR count). The largest absolute Gasteiger partial charge is 0.466 e. The molecule has 0 fully saturated rings. The Labute approximate surface area is 138 Å². The van der Waals surface area contributed by atoms with Crippen molar-refractivity contribution in [2.24, 2.45) is 10.8 Å². The molecule has 1 heterocycles. The van der Waals surface area contributed by atoms with Crippen LogP contribution >= 0.6 is 12.2 Å². The van der Waals surface area contributed by atoms with Gasteiger partial charge in [-0.1, -0.05) is 6.07 Å². The van der Waals surface area contributed by atoms with Crippen molar-refractivity contribution in [1.82, 2.24) is 9.99 Å². The lowest BCUT2D eigenvalue weighted by molar-refractivity contribution is -0.139. The number of methoxy groups -OCH3 is 2. The standard InChI is InChI=1S/C14H16N4O4S/c1-9(10-5-4-6-16-8-10)17-18(14(15)23)11(13(20)22-3)7-12(19)21-2/h4-8H,1-3H3,(H2,15,23)/b11-7-,17-9+. The summed E-state index contributed by atoms with van der Waals surface area (Å²) in [5.41, 5.74) is 6.51. The molecular weight excluding hydrogens is 320 g/mol. The average molecular weight is 336 g/mol. The van der Waals surface area contributed by atoms with Crippen LogP contribution < -0.4 is 5.73 Å². The number of pyridine rings is 1. The van der Waals surface area contributed by atoms with Crippen LogP contribution in [0.4, 0.5) is 0 Å². The number of hydrogen-bond donors (Lipinski definition) is 1. The first-order valence-electron chi connectivity index (χ1n) is 6.33. The molecule has 0 amide bonds. The lowest BCUT2D eigenvalue weighted by Crippen LogP contribution is -2.35. The molecule has 0 radical (unpaired) electrons. The van der Waals surface area contributed by atoms with Gasteiger partial charge in [-0.3, -0.25) is 4.98 Å². The highest BCUT2D eigenvalue weighted by atomic mass is 32.1. The highest BCUT2D eigenvalue weighted by Crippen LogP contribution is 2.11. The number of nitrogens with zero attached hydrogens (tertiary/aromatic N) is 3. The number of thiocarbonyl (C=S) groups is 1. The van der Waals surface area contributed by atoms with Gasteiger partial charge >= 0.3 is 11.9 Å². The monoisotopic (exact) mass is 336 g/mol. The summed E-state index contributed by atoms with van der Waals surface area (Å²) in [6, 6.07) is 3.50. The summed E-state index contributed by atoms with van der Waals surface area (Å²) in [5.74, 6) is -1.62. The zero-order chi connectivity index (χ0) is 17.4. The van der Waals surface area contributed by atoms with E-state index in [4.69, 9.17) is 18.0 Å². The summed E-state index contributed by atoms with van der Waals surface area (Å²) in [4.78, 5) is 27.3. The zero-order valence-corrected chi connectivity index (χ0v) is 13.7. The SMILES string of the molecule is COC(=O)/C=C(/C(=O)OC)N(/N=C(\C)c1cccnc1)C(N)=S. The maximum atomic E-state index is 11.9. The van der Waals surface area contributed by atoms with Gasteiger partial charge in [-0.05, 0) is 25.2 Å². The molecule has 122 valence electrons. The van der Waals surface area contributed by atoms with Crippen LogP contribution in [-0.4, -0.2) is 47.0 Å². The van der Waals surface area contributed by atoms with E-state index in [1.54, 1.807) is 31.5 Å². The molecule has 0 unspecified atom stereocenters. The van der Waals surface area contributed by atoms with Crippen molar-refractivity contribution in [1.29, 1.82) is 0 Å². The van der Waals surface area contributed by atoms with Crippen LogP contribution in [0, 0.1) is 0 Å². The molecule has 0 bridgehead atoms. The Kier molecular flexibility index (Phi) is 6.81. The average Bonchev–Trinajstić information content (AvgIpc) is 2.57. The maximum absolute atomic E-state index is 11.9. The second kappa shape index (κ2) is 8.59. The number of rotatable bonds is 5. The summed E-state index contributed by atoms with van der Waals surface area (Å²) in [6.45, 7) is 1.68. The summed E-state index contributed by atoms with van der Waals surface area (Å²) in [7, 11) is 2.33. The highest BCUT2D eigenvalue weighted by molar-refractivity contribution is 7.80. The smallest absolute Gasteiger partial charge is 0.357 e. The van der Waals surface area contributed by atoms with E-state index >= 15 is 0 Å². The Hall–Kier alpha value is -2.81. The Balaban J connectivity index is 3.31. The molecule has 1 aromatic rings. The van der Waals surface area contributed by atoms with Crippen molar-refractivity contribution in [3.63, 3.8) is 0 Å². The molecular formula is C14H16N4O4S. The third kappa shape index (κ3) is 5.15. The predicted molar refractivity (Wildman–Crippen MR) is 87.2 cm³/mol. The minimum Gasteiger partial charge on any atom is -0.466 e. The number of nitrogens with two attached hydrogens (primary N) is 1. The number of carbonyl (C=O) groups excluding carboxylic acids is 2. The number of aromatic nitrogens is 1. The van der Waals surface area contributed by atoms with Crippen molar-refractivity contribution >= 4 is 35.0 Å². The van der Waals surface area contributed by atoms with Crippen LogP contribution in [0.15, 0.2) is 41.4 Å². The van der Waals surface area contributed by atoms with Crippen LogP contribution in [-0.2, 0) is 19.1 Å². The Morgan fingerprint density at radius 3 is 2.57 bits per heavy atom. The fourth-order valence-electron chi connectivity index (χ4n) is 1.49. The van der Waals surface area contributed by atoms with E-state index in [-0.39, 0.29) is 10.8 Å². The van der Waals surface area contributed by atoms with Gasteiger partial charge in [0.05, 0.1) is 26.0 Å². The molecule has 0 saturated carbocycles. The van der Waals surface area contributed by atoms with Gasteiger partial charge in [0.25, 0.3) is 0 Å². The second-order valence-corrected chi connectivity index (χ2v) is 4.54. The van der Waals surface area contributed by atoms with Gasteiger partial charge < -0.3 is 15.2 Å². The maximum Gasteiger partial charge on any atom is 0.357 e. The van der Waals surface area contributed by atoms with Crippen molar-refractivity contribution in [3.8, 4) is 0 Å². The van der Waals surface area contributed by atoms with E-state index in [0.717, 1.165) is 18.2 Å². The number of hydrazone groups is 1. The molecule has 0 aromatic carbocycles. The van der Waals surface area contributed by atoms with Crippen LogP contribution in [0.1, 0.15) is 12.5 Å². The summed E-state index contributed by atoms with van der Waals surface area (Å²) in [5, 5.41) is 4.86. The van der Waals surface area contributed by atoms with E-state index in [2.05, 4.69) is 19.6 Å².